The van der Waals surface area contributed by atoms with Crippen molar-refractivity contribution in [1.82, 2.24) is 5.43 Å². The molecule has 2 rings (SSSR count). The number of nitrogens with zero attached hydrogens (tertiary/aromatic N) is 1. The quantitative estimate of drug-likeness (QED) is 0.599. The third-order valence-electron chi connectivity index (χ3n) is 3.21. The van der Waals surface area contributed by atoms with E-state index in [-0.39, 0.29) is 12.3 Å². The molecule has 5 heteroatoms. The van der Waals surface area contributed by atoms with Gasteiger partial charge in [0.25, 0.3) is 0 Å². The normalized spacial score (nSPS) is 10.6. The highest BCUT2D eigenvalue weighted by atomic mass is 16.5. The number of nitrogens with one attached hydrogen (secondary N) is 1. The van der Waals surface area contributed by atoms with E-state index in [2.05, 4.69) is 10.5 Å². The Bertz CT molecular complexity index is 681. The van der Waals surface area contributed by atoms with E-state index in [9.17, 15) is 4.79 Å². The fourth-order valence-electron chi connectivity index (χ4n) is 2.14. The van der Waals surface area contributed by atoms with Crippen LogP contribution in [0.5, 0.6) is 11.5 Å². The molecule has 2 aromatic rings. The Kier molecular flexibility index (Phi) is 6.83. The highest BCUT2D eigenvalue weighted by Crippen LogP contribution is 2.15. The molecule has 126 valence electrons. The topological polar surface area (TPSA) is 59.9 Å². The molecule has 0 aliphatic rings. The van der Waals surface area contributed by atoms with Crippen LogP contribution in [-0.4, -0.2) is 25.3 Å². The zero-order valence-electron chi connectivity index (χ0n) is 14.0. The fourth-order valence-corrected chi connectivity index (χ4v) is 2.14. The molecule has 0 saturated heterocycles. The van der Waals surface area contributed by atoms with Gasteiger partial charge < -0.3 is 9.47 Å². The van der Waals surface area contributed by atoms with E-state index in [0.29, 0.717) is 13.2 Å². The molecule has 5 nitrogen and oxygen atoms in total. The highest BCUT2D eigenvalue weighted by Gasteiger charge is 2.03. The Balaban J connectivity index is 1.88. The molecule has 1 amide bonds. The summed E-state index contributed by atoms with van der Waals surface area (Å²) >= 11 is 0. The minimum Gasteiger partial charge on any atom is -0.494 e. The molecule has 0 aromatic heterocycles. The fraction of sp³-hybridized carbons (Fsp3) is 0.263. The maximum Gasteiger partial charge on any atom is 0.244 e. The summed E-state index contributed by atoms with van der Waals surface area (Å²) in [6.45, 7) is 5.06. The number of amides is 1. The summed E-state index contributed by atoms with van der Waals surface area (Å²) in [5, 5.41) is 4.00. The molecule has 0 fully saturated rings. The summed E-state index contributed by atoms with van der Waals surface area (Å²) in [5.41, 5.74) is 4.26. The van der Waals surface area contributed by atoms with Gasteiger partial charge in [0, 0.05) is 5.56 Å². The van der Waals surface area contributed by atoms with Gasteiger partial charge in [0.05, 0.1) is 25.8 Å². The van der Waals surface area contributed by atoms with E-state index in [0.717, 1.165) is 22.6 Å². The smallest absolute Gasteiger partial charge is 0.244 e. The standard InChI is InChI=1S/C19H22N2O3/c1-3-23-17-11-9-15(10-12-17)13-19(22)21-20-14-16-7-5-6-8-18(16)24-4-2/h5-12,14H,3-4,13H2,1-2H3,(H,21,22)/b20-14+. The summed E-state index contributed by atoms with van der Waals surface area (Å²) in [4.78, 5) is 11.9. The van der Waals surface area contributed by atoms with Gasteiger partial charge in [-0.25, -0.2) is 5.43 Å². The lowest BCUT2D eigenvalue weighted by molar-refractivity contribution is -0.120. The van der Waals surface area contributed by atoms with Crippen molar-refractivity contribution in [2.75, 3.05) is 13.2 Å². The van der Waals surface area contributed by atoms with Crippen LogP contribution in [0.3, 0.4) is 0 Å². The Morgan fingerprint density at radius 3 is 2.46 bits per heavy atom. The number of hydrogen-bond donors (Lipinski definition) is 1. The molecule has 2 aromatic carbocycles. The average molecular weight is 326 g/mol. The van der Waals surface area contributed by atoms with Crippen LogP contribution in [0.15, 0.2) is 53.6 Å². The van der Waals surface area contributed by atoms with Crippen LogP contribution in [-0.2, 0) is 11.2 Å². The SMILES string of the molecule is CCOc1ccc(CC(=O)N/N=C/c2ccccc2OCC)cc1. The third-order valence-corrected chi connectivity index (χ3v) is 3.21. The van der Waals surface area contributed by atoms with Crippen LogP contribution >= 0.6 is 0 Å². The number of benzene rings is 2. The lowest BCUT2D eigenvalue weighted by atomic mass is 10.1. The number of hydrazone groups is 1. The maximum absolute atomic E-state index is 11.9. The monoisotopic (exact) mass is 326 g/mol. The van der Waals surface area contributed by atoms with Crippen LogP contribution in [0.4, 0.5) is 0 Å². The average Bonchev–Trinajstić information content (AvgIpc) is 2.59. The molecule has 0 aliphatic heterocycles. The summed E-state index contributed by atoms with van der Waals surface area (Å²) in [6, 6.07) is 15.0. The minimum atomic E-state index is -0.177. The molecule has 0 radical (unpaired) electrons. The van der Waals surface area contributed by atoms with Crippen LogP contribution < -0.4 is 14.9 Å². The summed E-state index contributed by atoms with van der Waals surface area (Å²) < 4.78 is 10.9. The molecule has 1 N–H and O–H groups in total. The second-order valence-electron chi connectivity index (χ2n) is 5.02. The van der Waals surface area contributed by atoms with Gasteiger partial charge in [0.2, 0.25) is 5.91 Å². The van der Waals surface area contributed by atoms with Crippen molar-refractivity contribution < 1.29 is 14.3 Å². The Hall–Kier alpha value is -2.82. The first-order chi connectivity index (χ1) is 11.7. The lowest BCUT2D eigenvalue weighted by Crippen LogP contribution is -2.19. The molecular formula is C19H22N2O3. The molecule has 0 heterocycles. The molecular weight excluding hydrogens is 304 g/mol. The van der Waals surface area contributed by atoms with E-state index >= 15 is 0 Å². The second kappa shape index (κ2) is 9.35. The van der Waals surface area contributed by atoms with Crippen LogP contribution in [0, 0.1) is 0 Å². The zero-order valence-corrected chi connectivity index (χ0v) is 14.0. The molecule has 0 aliphatic carbocycles. The van der Waals surface area contributed by atoms with E-state index in [1.54, 1.807) is 6.21 Å². The van der Waals surface area contributed by atoms with Crippen molar-refractivity contribution in [3.63, 3.8) is 0 Å². The van der Waals surface area contributed by atoms with Crippen molar-refractivity contribution in [1.29, 1.82) is 0 Å². The van der Waals surface area contributed by atoms with Crippen molar-refractivity contribution in [3.05, 3.63) is 59.7 Å². The van der Waals surface area contributed by atoms with Gasteiger partial charge in [-0.15, -0.1) is 0 Å². The third kappa shape index (κ3) is 5.43. The first-order valence-electron chi connectivity index (χ1n) is 7.98. The number of carbonyl (C=O) groups excluding carboxylic acids is 1. The Morgan fingerprint density at radius 1 is 1.04 bits per heavy atom. The predicted molar refractivity (Wildman–Crippen MR) is 94.7 cm³/mol. The molecule has 24 heavy (non-hydrogen) atoms. The molecule has 0 unspecified atom stereocenters. The summed E-state index contributed by atoms with van der Waals surface area (Å²) in [7, 11) is 0. The molecule has 0 saturated carbocycles. The largest absolute Gasteiger partial charge is 0.494 e. The van der Waals surface area contributed by atoms with Gasteiger partial charge in [-0.05, 0) is 43.7 Å². The second-order valence-corrected chi connectivity index (χ2v) is 5.02. The van der Waals surface area contributed by atoms with Gasteiger partial charge in [-0.3, -0.25) is 4.79 Å². The van der Waals surface area contributed by atoms with E-state index in [1.165, 1.54) is 0 Å². The van der Waals surface area contributed by atoms with Crippen molar-refractivity contribution in [2.45, 2.75) is 20.3 Å². The van der Waals surface area contributed by atoms with Gasteiger partial charge in [0.1, 0.15) is 11.5 Å². The Morgan fingerprint density at radius 2 is 1.75 bits per heavy atom. The lowest BCUT2D eigenvalue weighted by Gasteiger charge is -2.06. The zero-order chi connectivity index (χ0) is 17.2. The van der Waals surface area contributed by atoms with Gasteiger partial charge in [0.15, 0.2) is 0 Å². The first-order valence-corrected chi connectivity index (χ1v) is 7.98. The van der Waals surface area contributed by atoms with E-state index in [4.69, 9.17) is 9.47 Å². The molecule has 0 spiro atoms. The van der Waals surface area contributed by atoms with Gasteiger partial charge >= 0.3 is 0 Å². The number of rotatable bonds is 8. The first kappa shape index (κ1) is 17.5. The van der Waals surface area contributed by atoms with Crippen molar-refractivity contribution >= 4 is 12.1 Å². The predicted octanol–water partition coefficient (Wildman–Crippen LogP) is 3.18. The number of carbonyl (C=O) groups is 1. The highest BCUT2D eigenvalue weighted by molar-refractivity contribution is 5.85. The minimum absolute atomic E-state index is 0.177. The van der Waals surface area contributed by atoms with Crippen LogP contribution in [0.1, 0.15) is 25.0 Å². The summed E-state index contributed by atoms with van der Waals surface area (Å²) in [6.07, 6.45) is 1.85. The summed E-state index contributed by atoms with van der Waals surface area (Å²) in [5.74, 6) is 1.36. The molecule has 0 atom stereocenters. The van der Waals surface area contributed by atoms with Gasteiger partial charge in [-0.1, -0.05) is 24.3 Å². The Labute approximate surface area is 142 Å². The van der Waals surface area contributed by atoms with Crippen LogP contribution in [0.2, 0.25) is 0 Å². The maximum atomic E-state index is 11.9. The van der Waals surface area contributed by atoms with Crippen molar-refractivity contribution in [3.8, 4) is 11.5 Å². The molecule has 0 bridgehead atoms. The number of para-hydroxylation sites is 1. The van der Waals surface area contributed by atoms with Gasteiger partial charge in [-0.2, -0.15) is 5.10 Å². The number of hydrogen-bond acceptors (Lipinski definition) is 4. The van der Waals surface area contributed by atoms with E-state index < -0.39 is 0 Å². The van der Waals surface area contributed by atoms with E-state index in [1.807, 2.05) is 62.4 Å². The number of ether oxygens (including phenoxy) is 2. The van der Waals surface area contributed by atoms with Crippen LogP contribution in [0.25, 0.3) is 0 Å². The van der Waals surface area contributed by atoms with Crippen molar-refractivity contribution in [2.24, 2.45) is 5.10 Å².